The van der Waals surface area contributed by atoms with Crippen LogP contribution in [-0.4, -0.2) is 24.2 Å². The SMILES string of the molecule is N#Cc1oc2ccccc2c1NC(=O)COC(=O)CSc1cccc[n+]1[O-]. The van der Waals surface area contributed by atoms with Crippen molar-refractivity contribution in [3.05, 3.63) is 59.6 Å². The minimum absolute atomic E-state index is 0.0319. The summed E-state index contributed by atoms with van der Waals surface area (Å²) >= 11 is 1.01. The molecule has 0 radical (unpaired) electrons. The number of amides is 1. The summed E-state index contributed by atoms with van der Waals surface area (Å²) in [5, 5.41) is 24.1. The van der Waals surface area contributed by atoms with Crippen molar-refractivity contribution in [3.63, 3.8) is 0 Å². The molecule has 0 bridgehead atoms. The normalized spacial score (nSPS) is 10.3. The van der Waals surface area contributed by atoms with Gasteiger partial charge >= 0.3 is 5.97 Å². The predicted molar refractivity (Wildman–Crippen MR) is 96.6 cm³/mol. The Morgan fingerprint density at radius 1 is 1.26 bits per heavy atom. The van der Waals surface area contributed by atoms with E-state index in [4.69, 9.17) is 14.4 Å². The monoisotopic (exact) mass is 383 g/mol. The van der Waals surface area contributed by atoms with Crippen molar-refractivity contribution in [2.75, 3.05) is 17.7 Å². The first-order chi connectivity index (χ1) is 13.1. The number of nitrogens with one attached hydrogen (secondary N) is 1. The molecule has 3 rings (SSSR count). The summed E-state index contributed by atoms with van der Waals surface area (Å²) in [7, 11) is 0. The number of anilines is 1. The molecule has 2 heterocycles. The number of thioether (sulfide) groups is 1. The molecular weight excluding hydrogens is 370 g/mol. The third kappa shape index (κ3) is 4.37. The van der Waals surface area contributed by atoms with E-state index in [1.807, 2.05) is 6.07 Å². The van der Waals surface area contributed by atoms with E-state index < -0.39 is 18.5 Å². The minimum Gasteiger partial charge on any atom is -0.618 e. The lowest BCUT2D eigenvalue weighted by molar-refractivity contribution is -0.645. The Morgan fingerprint density at radius 3 is 2.81 bits per heavy atom. The highest BCUT2D eigenvalue weighted by atomic mass is 32.2. The second-order valence-corrected chi connectivity index (χ2v) is 6.27. The van der Waals surface area contributed by atoms with Crippen LogP contribution in [0.15, 0.2) is 58.1 Å². The van der Waals surface area contributed by atoms with Gasteiger partial charge in [0.15, 0.2) is 12.8 Å². The summed E-state index contributed by atoms with van der Waals surface area (Å²) in [6.45, 7) is -0.518. The van der Waals surface area contributed by atoms with Gasteiger partial charge in [-0.25, -0.2) is 0 Å². The highest BCUT2D eigenvalue weighted by Gasteiger charge is 2.17. The minimum atomic E-state index is -0.642. The Hall–Kier alpha value is -3.51. The van der Waals surface area contributed by atoms with Gasteiger partial charge in [0.2, 0.25) is 5.76 Å². The van der Waals surface area contributed by atoms with Crippen LogP contribution in [0.3, 0.4) is 0 Å². The first kappa shape index (κ1) is 18.3. The van der Waals surface area contributed by atoms with Gasteiger partial charge in [0.25, 0.3) is 10.9 Å². The molecule has 0 unspecified atom stereocenters. The van der Waals surface area contributed by atoms with E-state index in [2.05, 4.69) is 5.32 Å². The molecule has 9 heteroatoms. The van der Waals surface area contributed by atoms with Gasteiger partial charge in [-0.3, -0.25) is 9.59 Å². The lowest BCUT2D eigenvalue weighted by Gasteiger charge is -2.06. The molecule has 1 amide bonds. The maximum Gasteiger partial charge on any atom is 0.317 e. The topological polar surface area (TPSA) is 119 Å². The molecule has 0 spiro atoms. The number of carbonyl (C=O) groups is 2. The number of esters is 1. The third-order valence-corrected chi connectivity index (χ3v) is 4.44. The second-order valence-electron chi connectivity index (χ2n) is 5.28. The Kier molecular flexibility index (Phi) is 5.58. The van der Waals surface area contributed by atoms with Crippen molar-refractivity contribution in [3.8, 4) is 6.07 Å². The standard InChI is InChI=1S/C18H13N3O5S/c19-9-14-18(12-5-1-2-6-13(12)26-14)20-15(22)10-25-17(23)11-27-16-7-3-4-8-21(16)24/h1-8H,10-11H2,(H,20,22). The fourth-order valence-electron chi connectivity index (χ4n) is 2.27. The van der Waals surface area contributed by atoms with Crippen LogP contribution < -0.4 is 10.0 Å². The molecule has 1 aromatic carbocycles. The number of ether oxygens (including phenoxy) is 1. The summed E-state index contributed by atoms with van der Waals surface area (Å²) in [6, 6.07) is 13.6. The van der Waals surface area contributed by atoms with E-state index in [-0.39, 0.29) is 17.2 Å². The number of fused-ring (bicyclic) bond motifs is 1. The number of furan rings is 1. The van der Waals surface area contributed by atoms with Crippen LogP contribution in [0, 0.1) is 16.5 Å². The quantitative estimate of drug-likeness (QED) is 0.300. The average Bonchev–Trinajstić information content (AvgIpc) is 3.03. The number of carbonyl (C=O) groups excluding carboxylic acids is 2. The number of benzene rings is 1. The largest absolute Gasteiger partial charge is 0.618 e. The number of pyridine rings is 1. The molecule has 0 saturated carbocycles. The molecule has 27 heavy (non-hydrogen) atoms. The first-order valence-corrected chi connectivity index (χ1v) is 8.75. The van der Waals surface area contributed by atoms with Crippen LogP contribution in [-0.2, 0) is 14.3 Å². The molecule has 0 fully saturated rings. The molecule has 3 aromatic rings. The molecule has 0 atom stereocenters. The van der Waals surface area contributed by atoms with E-state index in [9.17, 15) is 14.8 Å². The third-order valence-electron chi connectivity index (χ3n) is 3.45. The van der Waals surface area contributed by atoms with E-state index in [1.165, 1.54) is 6.20 Å². The van der Waals surface area contributed by atoms with Gasteiger partial charge in [-0.05, 0) is 30.0 Å². The van der Waals surface area contributed by atoms with E-state index in [0.29, 0.717) is 20.7 Å². The number of nitriles is 1. The summed E-state index contributed by atoms with van der Waals surface area (Å²) < 4.78 is 10.9. The Balaban J connectivity index is 1.55. The first-order valence-electron chi connectivity index (χ1n) is 7.76. The van der Waals surface area contributed by atoms with Crippen molar-refractivity contribution in [1.29, 1.82) is 5.26 Å². The second kappa shape index (κ2) is 8.25. The number of nitrogens with zero attached hydrogens (tertiary/aromatic N) is 2. The Bertz CT molecular complexity index is 1040. The lowest BCUT2D eigenvalue weighted by Crippen LogP contribution is -2.28. The number of aromatic nitrogens is 1. The molecule has 0 aliphatic heterocycles. The fraction of sp³-hybridized carbons (Fsp3) is 0.111. The zero-order valence-electron chi connectivity index (χ0n) is 13.9. The van der Waals surface area contributed by atoms with Crippen molar-refractivity contribution < 1.29 is 23.5 Å². The predicted octanol–water partition coefficient (Wildman–Crippen LogP) is 2.21. The summed E-state index contributed by atoms with van der Waals surface area (Å²) in [5.41, 5.74) is 0.701. The fourth-order valence-corrected chi connectivity index (χ4v) is 2.98. The Labute approximate surface area is 157 Å². The maximum atomic E-state index is 12.1. The highest BCUT2D eigenvalue weighted by Crippen LogP contribution is 2.30. The summed E-state index contributed by atoms with van der Waals surface area (Å²) in [5.74, 6) is -1.39. The van der Waals surface area contributed by atoms with Gasteiger partial charge in [-0.2, -0.15) is 9.99 Å². The summed E-state index contributed by atoms with van der Waals surface area (Å²) in [4.78, 5) is 23.8. The number of rotatable bonds is 6. The van der Waals surface area contributed by atoms with E-state index >= 15 is 0 Å². The van der Waals surface area contributed by atoms with Crippen LogP contribution >= 0.6 is 11.8 Å². The van der Waals surface area contributed by atoms with Gasteiger partial charge in [0.1, 0.15) is 23.1 Å². The molecular formula is C18H13N3O5S. The van der Waals surface area contributed by atoms with Gasteiger partial charge in [0, 0.05) is 17.5 Å². The van der Waals surface area contributed by atoms with Crippen LogP contribution in [0.4, 0.5) is 5.69 Å². The molecule has 0 saturated heterocycles. The maximum absolute atomic E-state index is 12.1. The molecule has 2 aromatic heterocycles. The van der Waals surface area contributed by atoms with Crippen LogP contribution in [0.2, 0.25) is 0 Å². The van der Waals surface area contributed by atoms with Gasteiger partial charge in [0.05, 0.1) is 0 Å². The zero-order chi connectivity index (χ0) is 19.2. The van der Waals surface area contributed by atoms with Crippen molar-refractivity contribution >= 4 is 40.3 Å². The van der Waals surface area contributed by atoms with E-state index in [0.717, 1.165) is 11.8 Å². The summed E-state index contributed by atoms with van der Waals surface area (Å²) in [6.07, 6.45) is 1.32. The average molecular weight is 383 g/mol. The molecule has 0 aliphatic rings. The van der Waals surface area contributed by atoms with Crippen LogP contribution in [0.5, 0.6) is 0 Å². The van der Waals surface area contributed by atoms with Gasteiger partial charge < -0.3 is 19.7 Å². The molecule has 136 valence electrons. The van der Waals surface area contributed by atoms with Crippen molar-refractivity contribution in [1.82, 2.24) is 0 Å². The molecule has 1 N–H and O–H groups in total. The Morgan fingerprint density at radius 2 is 2.04 bits per heavy atom. The highest BCUT2D eigenvalue weighted by molar-refractivity contribution is 7.99. The lowest BCUT2D eigenvalue weighted by atomic mass is 10.2. The van der Waals surface area contributed by atoms with Crippen molar-refractivity contribution in [2.45, 2.75) is 5.03 Å². The van der Waals surface area contributed by atoms with Crippen LogP contribution in [0.25, 0.3) is 11.0 Å². The number of hydrogen-bond acceptors (Lipinski definition) is 7. The van der Waals surface area contributed by atoms with Crippen LogP contribution in [0.1, 0.15) is 5.76 Å². The van der Waals surface area contributed by atoms with Crippen molar-refractivity contribution in [2.24, 2.45) is 0 Å². The van der Waals surface area contributed by atoms with Gasteiger partial charge in [-0.15, -0.1) is 0 Å². The van der Waals surface area contributed by atoms with Gasteiger partial charge in [-0.1, -0.05) is 12.1 Å². The van der Waals surface area contributed by atoms with E-state index in [1.54, 1.807) is 42.5 Å². The zero-order valence-corrected chi connectivity index (χ0v) is 14.7. The molecule has 8 nitrogen and oxygen atoms in total. The number of hydrogen-bond donors (Lipinski definition) is 1. The smallest absolute Gasteiger partial charge is 0.317 e. The number of para-hydroxylation sites is 1. The molecule has 0 aliphatic carbocycles.